The molecule has 0 fully saturated rings. The van der Waals surface area contributed by atoms with Gasteiger partial charge in [-0.15, -0.1) is 26.6 Å². The Morgan fingerprint density at radius 3 is 2.71 bits per heavy atom. The molecule has 0 atom stereocenters. The third-order valence-corrected chi connectivity index (χ3v) is 3.22. The summed E-state index contributed by atoms with van der Waals surface area (Å²) in [7, 11) is 1.79. The van der Waals surface area contributed by atoms with E-state index in [-0.39, 0.29) is 0 Å². The van der Waals surface area contributed by atoms with E-state index < -0.39 is 0 Å². The molecule has 0 aliphatic heterocycles. The Morgan fingerprint density at radius 2 is 2.06 bits per heavy atom. The molecule has 0 saturated heterocycles. The van der Waals surface area contributed by atoms with Crippen LogP contribution in [0.15, 0.2) is 22.1 Å². The molecule has 17 heavy (non-hydrogen) atoms. The average molecular weight is 247 g/mol. The molecule has 6 nitrogen and oxygen atoms in total. The third-order valence-electron chi connectivity index (χ3n) is 2.19. The summed E-state index contributed by atoms with van der Waals surface area (Å²) in [6.07, 6.45) is 1.73. The van der Waals surface area contributed by atoms with E-state index in [1.54, 1.807) is 29.3 Å². The summed E-state index contributed by atoms with van der Waals surface area (Å²) in [5.74, 6) is 0.905. The first-order chi connectivity index (χ1) is 8.22. The summed E-state index contributed by atoms with van der Waals surface area (Å²) in [4.78, 5) is 0.963. The van der Waals surface area contributed by atoms with Crippen molar-refractivity contribution in [1.29, 1.82) is 0 Å². The zero-order valence-electron chi connectivity index (χ0n) is 9.28. The number of aromatic nitrogens is 5. The standard InChI is InChI=1S/C10H9N5OS/c1-6-3-8(17-5-6)10-13-12-9(16-10)7-4-15(2)14-11-7/h3-5H,1-2H3. The van der Waals surface area contributed by atoms with Crippen LogP contribution < -0.4 is 0 Å². The molecule has 0 radical (unpaired) electrons. The zero-order chi connectivity index (χ0) is 11.8. The normalized spacial score (nSPS) is 10.9. The molecule has 86 valence electrons. The van der Waals surface area contributed by atoms with Crippen LogP contribution in [0.2, 0.25) is 0 Å². The van der Waals surface area contributed by atoms with Gasteiger partial charge in [-0.3, -0.25) is 4.68 Å². The third kappa shape index (κ3) is 1.84. The van der Waals surface area contributed by atoms with Crippen LogP contribution in [0.3, 0.4) is 0 Å². The lowest BCUT2D eigenvalue weighted by molar-refractivity contribution is 0.583. The molecule has 0 amide bonds. The van der Waals surface area contributed by atoms with Gasteiger partial charge < -0.3 is 4.42 Å². The maximum atomic E-state index is 5.55. The fraction of sp³-hybridized carbons (Fsp3) is 0.200. The molecular formula is C10H9N5OS. The Labute approximate surface area is 101 Å². The van der Waals surface area contributed by atoms with Crippen LogP contribution in [-0.2, 0) is 7.05 Å². The quantitative estimate of drug-likeness (QED) is 0.691. The summed E-state index contributed by atoms with van der Waals surface area (Å²) in [5, 5.41) is 17.7. The van der Waals surface area contributed by atoms with E-state index in [4.69, 9.17) is 4.42 Å². The van der Waals surface area contributed by atoms with Crippen molar-refractivity contribution in [3.05, 3.63) is 23.2 Å². The smallest absolute Gasteiger partial charge is 0.270 e. The Morgan fingerprint density at radius 1 is 1.24 bits per heavy atom. The Bertz CT molecular complexity index is 598. The Balaban J connectivity index is 1.98. The van der Waals surface area contributed by atoms with E-state index >= 15 is 0 Å². The van der Waals surface area contributed by atoms with Crippen LogP contribution in [0.25, 0.3) is 22.4 Å². The van der Waals surface area contributed by atoms with Gasteiger partial charge >= 0.3 is 0 Å². The molecule has 3 aromatic heterocycles. The molecule has 3 aromatic rings. The largest absolute Gasteiger partial charge is 0.414 e. The first kappa shape index (κ1) is 10.2. The second-order valence-electron chi connectivity index (χ2n) is 3.68. The minimum Gasteiger partial charge on any atom is -0.414 e. The van der Waals surface area contributed by atoms with E-state index in [1.807, 2.05) is 18.4 Å². The molecule has 0 spiro atoms. The van der Waals surface area contributed by atoms with E-state index in [1.165, 1.54) is 5.56 Å². The number of nitrogens with zero attached hydrogens (tertiary/aromatic N) is 5. The van der Waals surface area contributed by atoms with Crippen molar-refractivity contribution in [2.45, 2.75) is 6.92 Å². The van der Waals surface area contributed by atoms with Crippen molar-refractivity contribution in [3.63, 3.8) is 0 Å². The number of hydrogen-bond donors (Lipinski definition) is 0. The van der Waals surface area contributed by atoms with Crippen LogP contribution in [0.5, 0.6) is 0 Å². The van der Waals surface area contributed by atoms with Gasteiger partial charge in [0.1, 0.15) is 0 Å². The Kier molecular flexibility index (Phi) is 2.25. The zero-order valence-corrected chi connectivity index (χ0v) is 10.1. The molecule has 3 heterocycles. The average Bonchev–Trinajstić information content (AvgIpc) is 2.96. The van der Waals surface area contributed by atoms with Gasteiger partial charge in [0.05, 0.1) is 11.1 Å². The monoisotopic (exact) mass is 247 g/mol. The van der Waals surface area contributed by atoms with Crippen LogP contribution in [0, 0.1) is 6.92 Å². The topological polar surface area (TPSA) is 69.6 Å². The Hall–Kier alpha value is -2.02. The minimum atomic E-state index is 0.388. The summed E-state index contributed by atoms with van der Waals surface area (Å²) >= 11 is 1.58. The molecule has 0 saturated carbocycles. The predicted molar refractivity (Wildman–Crippen MR) is 62.3 cm³/mol. The van der Waals surface area contributed by atoms with E-state index in [0.717, 1.165) is 4.88 Å². The van der Waals surface area contributed by atoms with Gasteiger partial charge in [-0.1, -0.05) is 5.21 Å². The highest BCUT2D eigenvalue weighted by Crippen LogP contribution is 2.27. The lowest BCUT2D eigenvalue weighted by Crippen LogP contribution is -1.85. The van der Waals surface area contributed by atoms with E-state index in [9.17, 15) is 0 Å². The van der Waals surface area contributed by atoms with Gasteiger partial charge in [-0.05, 0) is 23.9 Å². The SMILES string of the molecule is Cc1csc(-c2nnc(-c3cn(C)nn3)o2)c1. The van der Waals surface area contributed by atoms with Crippen LogP contribution in [0.1, 0.15) is 5.56 Å². The number of aryl methyl sites for hydroxylation is 2. The second kappa shape index (κ2) is 3.77. The van der Waals surface area contributed by atoms with Gasteiger partial charge in [0.25, 0.3) is 11.8 Å². The minimum absolute atomic E-state index is 0.388. The van der Waals surface area contributed by atoms with Crippen molar-refractivity contribution >= 4 is 11.3 Å². The molecule has 0 aliphatic carbocycles. The highest BCUT2D eigenvalue weighted by molar-refractivity contribution is 7.13. The van der Waals surface area contributed by atoms with Crippen molar-refractivity contribution in [3.8, 4) is 22.4 Å². The van der Waals surface area contributed by atoms with Crippen molar-refractivity contribution in [1.82, 2.24) is 25.2 Å². The molecule has 0 aliphatic rings. The first-order valence-electron chi connectivity index (χ1n) is 4.98. The summed E-state index contributed by atoms with van der Waals surface area (Å²) in [6, 6.07) is 2.01. The summed E-state index contributed by atoms with van der Waals surface area (Å²) < 4.78 is 7.15. The molecule has 0 unspecified atom stereocenters. The van der Waals surface area contributed by atoms with Gasteiger partial charge in [-0.2, -0.15) is 0 Å². The van der Waals surface area contributed by atoms with E-state index in [0.29, 0.717) is 17.5 Å². The lowest BCUT2D eigenvalue weighted by Gasteiger charge is -1.85. The predicted octanol–water partition coefficient (Wildman–Crippen LogP) is 1.90. The fourth-order valence-electron chi connectivity index (χ4n) is 1.42. The summed E-state index contributed by atoms with van der Waals surface area (Å²) in [6.45, 7) is 2.03. The van der Waals surface area contributed by atoms with Crippen molar-refractivity contribution in [2.24, 2.45) is 7.05 Å². The number of thiophene rings is 1. The summed E-state index contributed by atoms with van der Waals surface area (Å²) in [5.41, 5.74) is 1.77. The maximum Gasteiger partial charge on any atom is 0.270 e. The van der Waals surface area contributed by atoms with Crippen molar-refractivity contribution in [2.75, 3.05) is 0 Å². The molecular weight excluding hydrogens is 238 g/mol. The van der Waals surface area contributed by atoms with Gasteiger partial charge in [0.15, 0.2) is 5.69 Å². The molecule has 0 bridgehead atoms. The van der Waals surface area contributed by atoms with Gasteiger partial charge in [-0.25, -0.2) is 0 Å². The van der Waals surface area contributed by atoms with Crippen molar-refractivity contribution < 1.29 is 4.42 Å². The molecule has 0 N–H and O–H groups in total. The lowest BCUT2D eigenvalue weighted by atomic mass is 10.3. The molecule has 7 heteroatoms. The van der Waals surface area contributed by atoms with E-state index in [2.05, 4.69) is 20.5 Å². The van der Waals surface area contributed by atoms with Crippen LogP contribution in [-0.4, -0.2) is 25.2 Å². The fourth-order valence-corrected chi connectivity index (χ4v) is 2.23. The molecule has 0 aromatic carbocycles. The molecule has 3 rings (SSSR count). The van der Waals surface area contributed by atoms with Gasteiger partial charge in [0.2, 0.25) is 0 Å². The highest BCUT2D eigenvalue weighted by Gasteiger charge is 2.13. The van der Waals surface area contributed by atoms with Crippen LogP contribution >= 0.6 is 11.3 Å². The first-order valence-corrected chi connectivity index (χ1v) is 5.86. The highest BCUT2D eigenvalue weighted by atomic mass is 32.1. The second-order valence-corrected chi connectivity index (χ2v) is 4.59. The number of hydrogen-bond acceptors (Lipinski definition) is 6. The maximum absolute atomic E-state index is 5.55. The number of rotatable bonds is 2. The van der Waals surface area contributed by atoms with Gasteiger partial charge in [0, 0.05) is 7.05 Å². The van der Waals surface area contributed by atoms with Crippen LogP contribution in [0.4, 0.5) is 0 Å².